The van der Waals surface area contributed by atoms with E-state index in [2.05, 4.69) is 15.3 Å². The zero-order valence-electron chi connectivity index (χ0n) is 12.6. The average molecular weight is 294 g/mol. The molecule has 1 N–H and O–H groups in total. The van der Waals surface area contributed by atoms with Crippen molar-refractivity contribution in [1.29, 1.82) is 0 Å². The minimum atomic E-state index is -0.460. The van der Waals surface area contributed by atoms with E-state index < -0.39 is 4.92 Å². The number of nitro groups is 1. The molecule has 1 aliphatic rings. The molecule has 1 heterocycles. The van der Waals surface area contributed by atoms with E-state index in [9.17, 15) is 10.1 Å². The van der Waals surface area contributed by atoms with Gasteiger partial charge in [-0.2, -0.15) is 4.98 Å². The van der Waals surface area contributed by atoms with Gasteiger partial charge in [0.2, 0.25) is 5.82 Å². The van der Waals surface area contributed by atoms with Crippen molar-refractivity contribution in [1.82, 2.24) is 9.97 Å². The average Bonchev–Trinajstić information content (AvgIpc) is 2.91. The Morgan fingerprint density at radius 2 is 2.10 bits per heavy atom. The Balaban J connectivity index is 2.25. The minimum absolute atomic E-state index is 0.0708. The zero-order valence-corrected chi connectivity index (χ0v) is 12.6. The molecule has 0 bridgehead atoms. The van der Waals surface area contributed by atoms with Crippen LogP contribution in [0.4, 0.5) is 11.5 Å². The number of unbranched alkanes of at least 4 members (excludes halogenated alkanes) is 1. The summed E-state index contributed by atoms with van der Waals surface area (Å²) in [6.07, 6.45) is 6.14. The second-order valence-corrected chi connectivity index (χ2v) is 5.36. The first kappa shape index (κ1) is 15.5. The van der Waals surface area contributed by atoms with E-state index in [1.54, 1.807) is 6.92 Å². The van der Waals surface area contributed by atoms with Crippen LogP contribution >= 0.6 is 0 Å². The van der Waals surface area contributed by atoms with Crippen molar-refractivity contribution in [2.45, 2.75) is 58.4 Å². The van der Waals surface area contributed by atoms with E-state index in [0.717, 1.165) is 38.5 Å². The minimum Gasteiger partial charge on any atom is -0.473 e. The Kier molecular flexibility index (Phi) is 5.30. The third-order valence-corrected chi connectivity index (χ3v) is 3.58. The predicted molar refractivity (Wildman–Crippen MR) is 79.7 cm³/mol. The number of hydrogen-bond acceptors (Lipinski definition) is 6. The SMILES string of the molecule is CCCCOc1nc(C)nc(NC2CCCC2)c1[N+](=O)[O-]. The Bertz CT molecular complexity index is 501. The van der Waals surface area contributed by atoms with Gasteiger partial charge in [0.25, 0.3) is 5.88 Å². The first-order valence-corrected chi connectivity index (χ1v) is 7.54. The summed E-state index contributed by atoms with van der Waals surface area (Å²) in [5.41, 5.74) is -0.149. The maximum Gasteiger partial charge on any atom is 0.372 e. The van der Waals surface area contributed by atoms with Crippen LogP contribution in [0, 0.1) is 17.0 Å². The van der Waals surface area contributed by atoms with Gasteiger partial charge in [0.1, 0.15) is 5.82 Å². The van der Waals surface area contributed by atoms with Crippen molar-refractivity contribution in [3.63, 3.8) is 0 Å². The highest BCUT2D eigenvalue weighted by Gasteiger charge is 2.28. The molecule has 0 spiro atoms. The number of ether oxygens (including phenoxy) is 1. The number of aryl methyl sites for hydroxylation is 1. The van der Waals surface area contributed by atoms with Crippen molar-refractivity contribution < 1.29 is 9.66 Å². The molecule has 0 aliphatic heterocycles. The van der Waals surface area contributed by atoms with Crippen molar-refractivity contribution in [2.75, 3.05) is 11.9 Å². The molecular weight excluding hydrogens is 272 g/mol. The summed E-state index contributed by atoms with van der Waals surface area (Å²) in [6.45, 7) is 4.18. The lowest BCUT2D eigenvalue weighted by molar-refractivity contribution is -0.385. The molecule has 7 heteroatoms. The van der Waals surface area contributed by atoms with Crippen molar-refractivity contribution >= 4 is 11.5 Å². The molecule has 2 rings (SSSR count). The molecule has 0 atom stereocenters. The van der Waals surface area contributed by atoms with Crippen LogP contribution in [0.1, 0.15) is 51.3 Å². The van der Waals surface area contributed by atoms with Gasteiger partial charge in [-0.05, 0) is 26.2 Å². The van der Waals surface area contributed by atoms with Gasteiger partial charge < -0.3 is 10.1 Å². The molecule has 1 aromatic rings. The highest BCUT2D eigenvalue weighted by molar-refractivity contribution is 5.62. The van der Waals surface area contributed by atoms with E-state index >= 15 is 0 Å². The highest BCUT2D eigenvalue weighted by Crippen LogP contribution is 2.34. The van der Waals surface area contributed by atoms with Crippen LogP contribution in [0.5, 0.6) is 5.88 Å². The van der Waals surface area contributed by atoms with Gasteiger partial charge in [-0.1, -0.05) is 26.2 Å². The van der Waals surface area contributed by atoms with Gasteiger partial charge in [-0.15, -0.1) is 0 Å². The Morgan fingerprint density at radius 1 is 1.38 bits per heavy atom. The molecule has 0 unspecified atom stereocenters. The first-order chi connectivity index (χ1) is 10.1. The largest absolute Gasteiger partial charge is 0.473 e. The summed E-state index contributed by atoms with van der Waals surface area (Å²) in [5.74, 6) is 0.833. The Hall–Kier alpha value is -1.92. The van der Waals surface area contributed by atoms with Crippen LogP contribution in [0.2, 0.25) is 0 Å². The summed E-state index contributed by atoms with van der Waals surface area (Å²) in [5, 5.41) is 14.6. The molecule has 0 saturated heterocycles. The predicted octanol–water partition coefficient (Wildman–Crippen LogP) is 3.23. The maximum atomic E-state index is 11.4. The monoisotopic (exact) mass is 294 g/mol. The van der Waals surface area contributed by atoms with Gasteiger partial charge in [-0.3, -0.25) is 10.1 Å². The number of nitrogens with one attached hydrogen (secondary N) is 1. The summed E-state index contributed by atoms with van der Waals surface area (Å²) in [6, 6.07) is 0.251. The fourth-order valence-corrected chi connectivity index (χ4v) is 2.48. The summed E-state index contributed by atoms with van der Waals surface area (Å²) in [4.78, 5) is 19.2. The quantitative estimate of drug-likeness (QED) is 0.471. The third kappa shape index (κ3) is 4.03. The van der Waals surface area contributed by atoms with Crippen molar-refractivity contribution in [2.24, 2.45) is 0 Å². The zero-order chi connectivity index (χ0) is 15.2. The second kappa shape index (κ2) is 7.19. The summed E-state index contributed by atoms with van der Waals surface area (Å²) < 4.78 is 5.49. The van der Waals surface area contributed by atoms with E-state index in [0.29, 0.717) is 12.4 Å². The van der Waals surface area contributed by atoms with Crippen LogP contribution in [-0.2, 0) is 0 Å². The highest BCUT2D eigenvalue weighted by atomic mass is 16.6. The molecular formula is C14H22N4O3. The number of anilines is 1. The topological polar surface area (TPSA) is 90.2 Å². The normalized spacial score (nSPS) is 15.1. The number of hydrogen-bond donors (Lipinski definition) is 1. The molecule has 1 aliphatic carbocycles. The molecule has 0 amide bonds. The van der Waals surface area contributed by atoms with E-state index in [1.165, 1.54) is 0 Å². The molecule has 1 fully saturated rings. The fourth-order valence-electron chi connectivity index (χ4n) is 2.48. The van der Waals surface area contributed by atoms with Crippen LogP contribution in [0.15, 0.2) is 0 Å². The van der Waals surface area contributed by atoms with E-state index in [1.807, 2.05) is 6.92 Å². The van der Waals surface area contributed by atoms with Crippen LogP contribution in [0.3, 0.4) is 0 Å². The van der Waals surface area contributed by atoms with Crippen molar-refractivity contribution in [3.8, 4) is 5.88 Å². The van der Waals surface area contributed by atoms with Gasteiger partial charge in [0.05, 0.1) is 11.5 Å². The van der Waals surface area contributed by atoms with Crippen molar-refractivity contribution in [3.05, 3.63) is 15.9 Å². The molecule has 1 saturated carbocycles. The maximum absolute atomic E-state index is 11.4. The van der Waals surface area contributed by atoms with Crippen LogP contribution < -0.4 is 10.1 Å². The number of nitrogens with zero attached hydrogens (tertiary/aromatic N) is 3. The Morgan fingerprint density at radius 3 is 2.71 bits per heavy atom. The van der Waals surface area contributed by atoms with E-state index in [-0.39, 0.29) is 23.4 Å². The molecule has 7 nitrogen and oxygen atoms in total. The lowest BCUT2D eigenvalue weighted by Crippen LogP contribution is -2.18. The van der Waals surface area contributed by atoms with Gasteiger partial charge >= 0.3 is 5.69 Å². The third-order valence-electron chi connectivity index (χ3n) is 3.58. The molecule has 21 heavy (non-hydrogen) atoms. The molecule has 116 valence electrons. The van der Waals surface area contributed by atoms with Gasteiger partial charge in [0, 0.05) is 6.04 Å². The van der Waals surface area contributed by atoms with E-state index in [4.69, 9.17) is 4.74 Å². The number of aromatic nitrogens is 2. The summed E-state index contributed by atoms with van der Waals surface area (Å²) in [7, 11) is 0. The lowest BCUT2D eigenvalue weighted by atomic mass is 10.2. The van der Waals surface area contributed by atoms with Crippen LogP contribution in [-0.4, -0.2) is 27.5 Å². The molecule has 1 aromatic heterocycles. The van der Waals surface area contributed by atoms with Gasteiger partial charge in [-0.25, -0.2) is 4.98 Å². The fraction of sp³-hybridized carbons (Fsp3) is 0.714. The van der Waals surface area contributed by atoms with Gasteiger partial charge in [0.15, 0.2) is 0 Å². The Labute approximate surface area is 124 Å². The molecule has 0 radical (unpaired) electrons. The van der Waals surface area contributed by atoms with Crippen LogP contribution in [0.25, 0.3) is 0 Å². The smallest absolute Gasteiger partial charge is 0.372 e. The lowest BCUT2D eigenvalue weighted by Gasteiger charge is -2.14. The standard InChI is InChI=1S/C14H22N4O3/c1-3-4-9-21-14-12(18(19)20)13(15-10(2)16-14)17-11-7-5-6-8-11/h11H,3-9H2,1-2H3,(H,15,16,17). The number of rotatable bonds is 7. The first-order valence-electron chi connectivity index (χ1n) is 7.54. The summed E-state index contributed by atoms with van der Waals surface area (Å²) >= 11 is 0. The second-order valence-electron chi connectivity index (χ2n) is 5.36. The molecule has 0 aromatic carbocycles.